The lowest BCUT2D eigenvalue weighted by atomic mass is 10.1. The first-order valence-electron chi connectivity index (χ1n) is 8.07. The summed E-state index contributed by atoms with van der Waals surface area (Å²) >= 11 is 3.23. The molecule has 0 saturated carbocycles. The number of carbonyl (C=O) groups is 1. The number of aryl methyl sites for hydroxylation is 1. The van der Waals surface area contributed by atoms with Gasteiger partial charge in [-0.15, -0.1) is 11.3 Å². The molecule has 0 saturated heterocycles. The van der Waals surface area contributed by atoms with Gasteiger partial charge in [0, 0.05) is 17.6 Å². The zero-order valence-corrected chi connectivity index (χ0v) is 16.7. The maximum Gasteiger partial charge on any atom is 0.221 e. The van der Waals surface area contributed by atoms with E-state index in [1.165, 1.54) is 6.26 Å². The number of hydrogen-bond acceptors (Lipinski definition) is 5. The van der Waals surface area contributed by atoms with E-state index in [2.05, 4.69) is 10.7 Å². The van der Waals surface area contributed by atoms with Crippen molar-refractivity contribution in [3.8, 4) is 0 Å². The first-order valence-corrected chi connectivity index (χ1v) is 11.8. The molecule has 0 fully saturated rings. The summed E-state index contributed by atoms with van der Waals surface area (Å²) in [5.74, 6) is -0.0261. The molecule has 1 N–H and O–H groups in total. The van der Waals surface area contributed by atoms with Crippen molar-refractivity contribution in [1.29, 1.82) is 0 Å². The second-order valence-electron chi connectivity index (χ2n) is 5.99. The van der Waals surface area contributed by atoms with Crippen LogP contribution in [0.25, 0.3) is 0 Å². The van der Waals surface area contributed by atoms with Crippen LogP contribution < -0.4 is 5.32 Å². The quantitative estimate of drug-likeness (QED) is 0.645. The van der Waals surface area contributed by atoms with Crippen LogP contribution in [0.5, 0.6) is 0 Å². The van der Waals surface area contributed by atoms with E-state index < -0.39 is 9.84 Å². The summed E-state index contributed by atoms with van der Waals surface area (Å²) in [6.07, 6.45) is 2.10. The molecule has 1 aromatic carbocycles. The normalized spacial score (nSPS) is 12.7. The Bertz CT molecular complexity index is 910. The average molecular weight is 406 g/mol. The molecule has 3 rings (SSSR count). The maximum atomic E-state index is 12.4. The zero-order chi connectivity index (χ0) is 18.6. The molecule has 0 spiro atoms. The lowest BCUT2D eigenvalue weighted by molar-refractivity contribution is -0.121. The van der Waals surface area contributed by atoms with Gasteiger partial charge in [-0.25, -0.2) is 8.42 Å². The number of hydrogen-bond donors (Lipinski definition) is 1. The highest BCUT2D eigenvalue weighted by atomic mass is 32.2. The van der Waals surface area contributed by atoms with Crippen molar-refractivity contribution in [2.75, 3.05) is 6.26 Å². The number of thiophene rings is 2. The van der Waals surface area contributed by atoms with Gasteiger partial charge in [0.2, 0.25) is 5.91 Å². The van der Waals surface area contributed by atoms with Gasteiger partial charge in [0.05, 0.1) is 10.9 Å². The van der Waals surface area contributed by atoms with Crippen LogP contribution in [0.4, 0.5) is 0 Å². The number of sulfone groups is 1. The molecule has 0 aliphatic heterocycles. The second-order valence-corrected chi connectivity index (χ2v) is 9.76. The van der Waals surface area contributed by atoms with Gasteiger partial charge in [0.1, 0.15) is 0 Å². The summed E-state index contributed by atoms with van der Waals surface area (Å²) in [5, 5.41) is 9.17. The minimum atomic E-state index is -3.19. The molecule has 3 aromatic rings. The number of carbonyl (C=O) groups excluding carboxylic acids is 1. The molecule has 0 bridgehead atoms. The van der Waals surface area contributed by atoms with Crippen molar-refractivity contribution in [2.45, 2.75) is 23.8 Å². The van der Waals surface area contributed by atoms with Crippen molar-refractivity contribution >= 4 is 38.4 Å². The Balaban J connectivity index is 1.62. The number of rotatable bonds is 7. The lowest BCUT2D eigenvalue weighted by Gasteiger charge is -2.16. The van der Waals surface area contributed by atoms with Crippen molar-refractivity contribution in [3.63, 3.8) is 0 Å². The highest BCUT2D eigenvalue weighted by Gasteiger charge is 2.18. The minimum absolute atomic E-state index is 0.0261. The van der Waals surface area contributed by atoms with Crippen molar-refractivity contribution in [1.82, 2.24) is 5.32 Å². The smallest absolute Gasteiger partial charge is 0.221 e. The van der Waals surface area contributed by atoms with E-state index in [1.807, 2.05) is 29.0 Å². The van der Waals surface area contributed by atoms with E-state index >= 15 is 0 Å². The van der Waals surface area contributed by atoms with E-state index in [1.54, 1.807) is 46.9 Å². The Hall–Kier alpha value is -1.96. The van der Waals surface area contributed by atoms with E-state index in [4.69, 9.17) is 0 Å². The monoisotopic (exact) mass is 405 g/mol. The Kier molecular flexibility index (Phi) is 5.90. The molecule has 0 aliphatic carbocycles. The molecule has 0 unspecified atom stereocenters. The molecular weight excluding hydrogens is 386 g/mol. The summed E-state index contributed by atoms with van der Waals surface area (Å²) in [5.41, 5.74) is 2.03. The van der Waals surface area contributed by atoms with E-state index in [-0.39, 0.29) is 11.9 Å². The van der Waals surface area contributed by atoms with Gasteiger partial charge in [0.15, 0.2) is 9.84 Å². The summed E-state index contributed by atoms with van der Waals surface area (Å²) in [4.78, 5) is 13.8. The van der Waals surface area contributed by atoms with Gasteiger partial charge >= 0.3 is 0 Å². The third kappa shape index (κ3) is 4.81. The van der Waals surface area contributed by atoms with Crippen LogP contribution in [0.3, 0.4) is 0 Å². The van der Waals surface area contributed by atoms with Crippen molar-refractivity contribution in [3.05, 3.63) is 74.6 Å². The zero-order valence-electron chi connectivity index (χ0n) is 14.2. The van der Waals surface area contributed by atoms with E-state index in [9.17, 15) is 13.2 Å². The van der Waals surface area contributed by atoms with Gasteiger partial charge in [-0.2, -0.15) is 11.3 Å². The standard InChI is InChI=1S/C19H19NO3S3/c1-26(22,23)16-7-4-14(5-8-16)6-9-18(21)20-19(15-10-12-24-13-15)17-3-2-11-25-17/h2-5,7-8,10-13,19H,6,9H2,1H3,(H,20,21)/t19-/m1/s1. The molecule has 1 amide bonds. The molecule has 2 heterocycles. The summed E-state index contributed by atoms with van der Waals surface area (Å²) < 4.78 is 23.0. The Morgan fingerprint density at radius 1 is 1.12 bits per heavy atom. The van der Waals surface area contributed by atoms with Gasteiger partial charge in [-0.1, -0.05) is 18.2 Å². The van der Waals surface area contributed by atoms with Crippen LogP contribution in [0.2, 0.25) is 0 Å². The number of benzene rings is 1. The third-order valence-corrected chi connectivity index (χ3v) is 6.77. The first-order chi connectivity index (χ1) is 12.4. The van der Waals surface area contributed by atoms with Crippen LogP contribution in [0.1, 0.15) is 28.5 Å². The summed E-state index contributed by atoms with van der Waals surface area (Å²) in [6.45, 7) is 0. The third-order valence-electron chi connectivity index (χ3n) is 4.00. The second kappa shape index (κ2) is 8.16. The van der Waals surface area contributed by atoms with Crippen LogP contribution in [0, 0.1) is 0 Å². The summed E-state index contributed by atoms with van der Waals surface area (Å²) in [6, 6.07) is 12.6. The molecule has 0 aliphatic rings. The Morgan fingerprint density at radius 2 is 1.88 bits per heavy atom. The van der Waals surface area contributed by atoms with E-state index in [0.717, 1.165) is 16.0 Å². The molecule has 7 heteroatoms. The fourth-order valence-electron chi connectivity index (χ4n) is 2.61. The molecule has 4 nitrogen and oxygen atoms in total. The minimum Gasteiger partial charge on any atom is -0.344 e. The van der Waals surface area contributed by atoms with Crippen LogP contribution in [-0.2, 0) is 21.1 Å². The molecule has 26 heavy (non-hydrogen) atoms. The predicted octanol–water partition coefficient (Wildman–Crippen LogP) is 4.05. The predicted molar refractivity (Wildman–Crippen MR) is 106 cm³/mol. The van der Waals surface area contributed by atoms with Crippen LogP contribution in [-0.4, -0.2) is 20.6 Å². The van der Waals surface area contributed by atoms with Crippen LogP contribution in [0.15, 0.2) is 63.5 Å². The van der Waals surface area contributed by atoms with Gasteiger partial charge in [-0.05, 0) is 58.0 Å². The Labute approximate surface area is 161 Å². The molecular formula is C19H19NO3S3. The van der Waals surface area contributed by atoms with Crippen molar-refractivity contribution in [2.24, 2.45) is 0 Å². The number of nitrogens with one attached hydrogen (secondary N) is 1. The first kappa shape index (κ1) is 18.8. The summed E-state index contributed by atoms with van der Waals surface area (Å²) in [7, 11) is -3.19. The van der Waals surface area contributed by atoms with Gasteiger partial charge in [0.25, 0.3) is 0 Å². The average Bonchev–Trinajstić information content (AvgIpc) is 3.31. The largest absolute Gasteiger partial charge is 0.344 e. The molecule has 1 atom stereocenters. The molecule has 2 aromatic heterocycles. The fourth-order valence-corrected chi connectivity index (χ4v) is 4.73. The van der Waals surface area contributed by atoms with Gasteiger partial charge < -0.3 is 5.32 Å². The number of amides is 1. The van der Waals surface area contributed by atoms with E-state index in [0.29, 0.717) is 17.7 Å². The highest BCUT2D eigenvalue weighted by Crippen LogP contribution is 2.27. The van der Waals surface area contributed by atoms with Crippen LogP contribution >= 0.6 is 22.7 Å². The molecule has 136 valence electrons. The fraction of sp³-hybridized carbons (Fsp3) is 0.211. The van der Waals surface area contributed by atoms with Gasteiger partial charge in [-0.3, -0.25) is 4.79 Å². The molecule has 0 radical (unpaired) electrons. The van der Waals surface area contributed by atoms with Crippen molar-refractivity contribution < 1.29 is 13.2 Å². The SMILES string of the molecule is CS(=O)(=O)c1ccc(CCC(=O)N[C@H](c2ccsc2)c2cccs2)cc1. The topological polar surface area (TPSA) is 63.2 Å². The lowest BCUT2D eigenvalue weighted by Crippen LogP contribution is -2.28. The highest BCUT2D eigenvalue weighted by molar-refractivity contribution is 7.90. The Morgan fingerprint density at radius 3 is 2.46 bits per heavy atom. The maximum absolute atomic E-state index is 12.4.